The molecule has 0 saturated carbocycles. The van der Waals surface area contributed by atoms with E-state index >= 15 is 0 Å². The van der Waals surface area contributed by atoms with Gasteiger partial charge in [-0.2, -0.15) is 5.26 Å². The van der Waals surface area contributed by atoms with Crippen LogP contribution >= 0.6 is 11.8 Å². The fourth-order valence-electron chi connectivity index (χ4n) is 3.68. The summed E-state index contributed by atoms with van der Waals surface area (Å²) in [4.78, 5) is 18.9. The zero-order valence-electron chi connectivity index (χ0n) is 16.1. The van der Waals surface area contributed by atoms with Crippen molar-refractivity contribution in [3.8, 4) is 6.07 Å². The molecule has 0 aliphatic carbocycles. The normalized spacial score (nSPS) is 18.2. The van der Waals surface area contributed by atoms with Crippen LogP contribution in [0.2, 0.25) is 0 Å². The molecule has 1 saturated heterocycles. The van der Waals surface area contributed by atoms with Gasteiger partial charge in [0.05, 0.1) is 38.9 Å². The number of benzene rings is 1. The van der Waals surface area contributed by atoms with Crippen LogP contribution in [-0.4, -0.2) is 59.0 Å². The van der Waals surface area contributed by atoms with E-state index < -0.39 is 9.84 Å². The number of fused-ring (bicyclic) bond motifs is 3. The van der Waals surface area contributed by atoms with E-state index in [-0.39, 0.29) is 29.2 Å². The molecule has 150 valence electrons. The van der Waals surface area contributed by atoms with E-state index in [9.17, 15) is 18.5 Å². The van der Waals surface area contributed by atoms with Gasteiger partial charge in [0.1, 0.15) is 6.07 Å². The monoisotopic (exact) mass is 428 g/mol. The van der Waals surface area contributed by atoms with Gasteiger partial charge in [0.25, 0.3) is 0 Å². The van der Waals surface area contributed by atoms with Crippen LogP contribution < -0.4 is 0 Å². The first-order chi connectivity index (χ1) is 13.8. The molecule has 1 amide bonds. The third-order valence-corrected chi connectivity index (χ3v) is 8.08. The molecule has 0 radical (unpaired) electrons. The second kappa shape index (κ2) is 7.35. The Morgan fingerprint density at radius 3 is 2.86 bits per heavy atom. The van der Waals surface area contributed by atoms with E-state index in [0.717, 1.165) is 21.6 Å². The number of thioether (sulfide) groups is 1. The van der Waals surface area contributed by atoms with Gasteiger partial charge in [0.15, 0.2) is 15.5 Å². The number of nitriles is 1. The topological polar surface area (TPSA) is 95.5 Å². The van der Waals surface area contributed by atoms with E-state index in [4.69, 9.17) is 0 Å². The molecule has 29 heavy (non-hydrogen) atoms. The molecule has 2 aromatic heterocycles. The highest BCUT2D eigenvalue weighted by Crippen LogP contribution is 2.29. The van der Waals surface area contributed by atoms with Gasteiger partial charge in [0, 0.05) is 13.1 Å². The van der Waals surface area contributed by atoms with Crippen molar-refractivity contribution < 1.29 is 13.2 Å². The molecule has 1 aromatic carbocycles. The van der Waals surface area contributed by atoms with Gasteiger partial charge in [-0.1, -0.05) is 23.9 Å². The number of pyridine rings is 1. The standard InChI is InChI=1S/C20H20N4O3S2/c1-13-9-19(28-11-18(25)23(2)14-7-8-29(26,27)12-14)24-17-6-4-3-5-16(17)22-20(24)15(13)10-21/h3-6,9,14H,7-8,11-12H2,1-2H3/t14-/m0/s1. The number of nitrogens with zero attached hydrogens (tertiary/aromatic N) is 4. The first-order valence-electron chi connectivity index (χ1n) is 9.20. The first-order valence-corrected chi connectivity index (χ1v) is 12.0. The number of aryl methyl sites for hydroxylation is 1. The molecule has 1 fully saturated rings. The predicted octanol–water partition coefficient (Wildman–Crippen LogP) is 2.41. The van der Waals surface area contributed by atoms with Gasteiger partial charge in [-0.15, -0.1) is 0 Å². The van der Waals surface area contributed by atoms with E-state index in [2.05, 4.69) is 11.1 Å². The molecule has 9 heteroatoms. The molecule has 0 N–H and O–H groups in total. The number of rotatable bonds is 4. The maximum atomic E-state index is 12.7. The van der Waals surface area contributed by atoms with Crippen molar-refractivity contribution in [1.29, 1.82) is 5.26 Å². The number of carbonyl (C=O) groups is 1. The van der Waals surface area contributed by atoms with Crippen LogP contribution in [0.3, 0.4) is 0 Å². The minimum absolute atomic E-state index is 0.0340. The highest BCUT2D eigenvalue weighted by Gasteiger charge is 2.32. The molecule has 4 rings (SSSR count). The summed E-state index contributed by atoms with van der Waals surface area (Å²) in [5.41, 5.74) is 3.57. The average molecular weight is 429 g/mol. The number of carbonyl (C=O) groups excluding carboxylic acids is 1. The summed E-state index contributed by atoms with van der Waals surface area (Å²) in [6, 6.07) is 11.5. The van der Waals surface area contributed by atoms with Gasteiger partial charge in [-0.05, 0) is 37.1 Å². The van der Waals surface area contributed by atoms with Crippen LogP contribution in [-0.2, 0) is 14.6 Å². The van der Waals surface area contributed by atoms with Crippen LogP contribution in [0.25, 0.3) is 16.7 Å². The van der Waals surface area contributed by atoms with Crippen molar-refractivity contribution in [3.63, 3.8) is 0 Å². The molecule has 0 bridgehead atoms. The molecule has 3 aromatic rings. The molecule has 3 heterocycles. The molecule has 0 spiro atoms. The van der Waals surface area contributed by atoms with Crippen molar-refractivity contribution in [2.24, 2.45) is 0 Å². The van der Waals surface area contributed by atoms with Crippen molar-refractivity contribution in [3.05, 3.63) is 41.5 Å². The Hall–Kier alpha value is -2.57. The van der Waals surface area contributed by atoms with Crippen LogP contribution in [0.5, 0.6) is 0 Å². The zero-order valence-corrected chi connectivity index (χ0v) is 17.8. The molecular weight excluding hydrogens is 408 g/mol. The lowest BCUT2D eigenvalue weighted by Gasteiger charge is -2.23. The first kappa shape index (κ1) is 19.7. The molecule has 0 unspecified atom stereocenters. The third kappa shape index (κ3) is 3.58. The SMILES string of the molecule is Cc1cc(SCC(=O)N(C)[C@H]2CCS(=O)(=O)C2)n2c(nc3ccccc32)c1C#N. The zero-order chi connectivity index (χ0) is 20.8. The molecule has 7 nitrogen and oxygen atoms in total. The third-order valence-electron chi connectivity index (χ3n) is 5.34. The molecular formula is C20H20N4O3S2. The lowest BCUT2D eigenvalue weighted by Crippen LogP contribution is -2.38. The summed E-state index contributed by atoms with van der Waals surface area (Å²) in [6.45, 7) is 1.86. The number of imidazole rings is 1. The average Bonchev–Trinajstić information content (AvgIpc) is 3.25. The van der Waals surface area contributed by atoms with Gasteiger partial charge in [-0.3, -0.25) is 9.20 Å². The van der Waals surface area contributed by atoms with E-state index in [1.165, 1.54) is 11.8 Å². The quantitative estimate of drug-likeness (QED) is 0.592. The summed E-state index contributed by atoms with van der Waals surface area (Å²) in [5.74, 6) is 0.238. The summed E-state index contributed by atoms with van der Waals surface area (Å²) in [7, 11) is -1.38. The van der Waals surface area contributed by atoms with Gasteiger partial charge in [-0.25, -0.2) is 13.4 Å². The second-order valence-corrected chi connectivity index (χ2v) is 10.5. The lowest BCUT2D eigenvalue weighted by molar-refractivity contribution is -0.128. The number of sulfone groups is 1. The minimum atomic E-state index is -3.04. The second-order valence-electron chi connectivity index (χ2n) is 7.26. The van der Waals surface area contributed by atoms with E-state index in [1.54, 1.807) is 11.9 Å². The van der Waals surface area contributed by atoms with Crippen LogP contribution in [0, 0.1) is 18.3 Å². The highest BCUT2D eigenvalue weighted by atomic mass is 32.2. The molecule has 1 atom stereocenters. The summed E-state index contributed by atoms with van der Waals surface area (Å²) >= 11 is 1.37. The van der Waals surface area contributed by atoms with Gasteiger partial charge in [0.2, 0.25) is 5.91 Å². The Labute approximate surface area is 173 Å². The van der Waals surface area contributed by atoms with Gasteiger partial charge >= 0.3 is 0 Å². The van der Waals surface area contributed by atoms with Crippen molar-refractivity contribution in [1.82, 2.24) is 14.3 Å². The van der Waals surface area contributed by atoms with E-state index in [0.29, 0.717) is 17.6 Å². The Bertz CT molecular complexity index is 1270. The number of para-hydroxylation sites is 2. The summed E-state index contributed by atoms with van der Waals surface area (Å²) in [6.07, 6.45) is 0.488. The Morgan fingerprint density at radius 2 is 2.17 bits per heavy atom. The number of aromatic nitrogens is 2. The Morgan fingerprint density at radius 1 is 1.41 bits per heavy atom. The smallest absolute Gasteiger partial charge is 0.233 e. The highest BCUT2D eigenvalue weighted by molar-refractivity contribution is 7.99. The Kier molecular flexibility index (Phi) is 5.00. The lowest BCUT2D eigenvalue weighted by atomic mass is 10.2. The maximum Gasteiger partial charge on any atom is 0.233 e. The maximum absolute atomic E-state index is 12.7. The molecule has 1 aliphatic heterocycles. The van der Waals surface area contributed by atoms with Crippen molar-refractivity contribution >= 4 is 44.2 Å². The fraction of sp³-hybridized carbons (Fsp3) is 0.350. The fourth-order valence-corrected chi connectivity index (χ4v) is 6.50. The van der Waals surface area contributed by atoms with Crippen molar-refractivity contribution in [2.75, 3.05) is 24.3 Å². The summed E-state index contributed by atoms with van der Waals surface area (Å²) in [5, 5.41) is 10.4. The number of hydrogen-bond acceptors (Lipinski definition) is 6. The van der Waals surface area contributed by atoms with Crippen LogP contribution in [0.4, 0.5) is 0 Å². The largest absolute Gasteiger partial charge is 0.341 e. The Balaban J connectivity index is 1.65. The number of hydrogen-bond donors (Lipinski definition) is 0. The minimum Gasteiger partial charge on any atom is -0.341 e. The number of amides is 1. The van der Waals surface area contributed by atoms with E-state index in [1.807, 2.05) is 41.7 Å². The van der Waals surface area contributed by atoms with Crippen LogP contribution in [0.1, 0.15) is 17.5 Å². The molecule has 1 aliphatic rings. The summed E-state index contributed by atoms with van der Waals surface area (Å²) < 4.78 is 25.3. The van der Waals surface area contributed by atoms with Gasteiger partial charge < -0.3 is 4.90 Å². The van der Waals surface area contributed by atoms with Crippen molar-refractivity contribution in [2.45, 2.75) is 24.4 Å². The predicted molar refractivity (Wildman–Crippen MR) is 113 cm³/mol. The van der Waals surface area contributed by atoms with Crippen LogP contribution in [0.15, 0.2) is 35.4 Å².